The van der Waals surface area contributed by atoms with Crippen molar-refractivity contribution in [2.45, 2.75) is 51.5 Å². The van der Waals surface area contributed by atoms with Gasteiger partial charge in [-0.3, -0.25) is 9.59 Å². The molecule has 1 aliphatic rings. The molecule has 0 spiro atoms. The normalized spacial score (nSPS) is 14.6. The molecule has 2 aromatic carbocycles. The predicted octanol–water partition coefficient (Wildman–Crippen LogP) is 3.65. The summed E-state index contributed by atoms with van der Waals surface area (Å²) in [5.41, 5.74) is 3.91. The minimum absolute atomic E-state index is 0.240. The number of piperidine rings is 1. The van der Waals surface area contributed by atoms with Crippen LogP contribution in [0, 0.1) is 20.8 Å². The van der Waals surface area contributed by atoms with Crippen LogP contribution in [0.3, 0.4) is 0 Å². The first-order valence-corrected chi connectivity index (χ1v) is 13.2. The molecule has 0 unspecified atom stereocenters. The second kappa shape index (κ2) is 10.1. The molecule has 35 heavy (non-hydrogen) atoms. The number of aryl methyl sites for hydroxylation is 2. The highest BCUT2D eigenvalue weighted by Crippen LogP contribution is 2.27. The molecule has 0 radical (unpaired) electrons. The second-order valence-corrected chi connectivity index (χ2v) is 10.9. The quantitative estimate of drug-likeness (QED) is 0.564. The van der Waals surface area contributed by atoms with Gasteiger partial charge >= 0.3 is 0 Å². The van der Waals surface area contributed by atoms with E-state index in [0.717, 1.165) is 35.1 Å². The number of amides is 1. The summed E-state index contributed by atoms with van der Waals surface area (Å²) in [7, 11) is -3.63. The third-order valence-electron chi connectivity index (χ3n) is 6.46. The standard InChI is InChI=1S/C26H30N4O4S/c1-18-8-7-9-22(20(18)3)27-25(31)17-30-26(32)13-12-23(28-30)21-11-10-19(2)24(16-21)35(33,34)29-14-5-4-6-15-29/h7-13,16H,4-6,14-15,17H2,1-3H3,(H,27,31). The van der Waals surface area contributed by atoms with Crippen LogP contribution in [-0.4, -0.2) is 41.5 Å². The predicted molar refractivity (Wildman–Crippen MR) is 136 cm³/mol. The highest BCUT2D eigenvalue weighted by atomic mass is 32.2. The summed E-state index contributed by atoms with van der Waals surface area (Å²) >= 11 is 0. The largest absolute Gasteiger partial charge is 0.324 e. The Balaban J connectivity index is 1.61. The Morgan fingerprint density at radius 1 is 0.971 bits per heavy atom. The molecule has 1 aromatic heterocycles. The van der Waals surface area contributed by atoms with Crippen molar-refractivity contribution in [1.29, 1.82) is 0 Å². The number of carbonyl (C=O) groups excluding carboxylic acids is 1. The van der Waals surface area contributed by atoms with Crippen LogP contribution in [0.25, 0.3) is 11.3 Å². The summed E-state index contributed by atoms with van der Waals surface area (Å²) in [4.78, 5) is 25.3. The minimum atomic E-state index is -3.63. The number of hydrogen-bond donors (Lipinski definition) is 1. The van der Waals surface area contributed by atoms with Gasteiger partial charge in [0, 0.05) is 30.4 Å². The summed E-state index contributed by atoms with van der Waals surface area (Å²) in [6, 6.07) is 13.6. The lowest BCUT2D eigenvalue weighted by molar-refractivity contribution is -0.117. The molecular weight excluding hydrogens is 464 g/mol. The van der Waals surface area contributed by atoms with E-state index in [1.807, 2.05) is 32.0 Å². The second-order valence-electron chi connectivity index (χ2n) is 8.96. The summed E-state index contributed by atoms with van der Waals surface area (Å²) < 4.78 is 29.2. The number of benzene rings is 2. The first-order valence-electron chi connectivity index (χ1n) is 11.7. The molecule has 0 aliphatic carbocycles. The molecule has 0 atom stereocenters. The maximum Gasteiger partial charge on any atom is 0.267 e. The molecule has 184 valence electrons. The van der Waals surface area contributed by atoms with Crippen LogP contribution in [0.1, 0.15) is 36.0 Å². The van der Waals surface area contributed by atoms with Crippen LogP contribution < -0.4 is 10.9 Å². The fraction of sp³-hybridized carbons (Fsp3) is 0.346. The molecule has 0 saturated carbocycles. The van der Waals surface area contributed by atoms with E-state index in [1.54, 1.807) is 31.2 Å². The molecule has 2 heterocycles. The van der Waals surface area contributed by atoms with Crippen molar-refractivity contribution in [1.82, 2.24) is 14.1 Å². The molecule has 1 amide bonds. The van der Waals surface area contributed by atoms with Gasteiger partial charge in [0.15, 0.2) is 0 Å². The van der Waals surface area contributed by atoms with Gasteiger partial charge in [0.25, 0.3) is 5.56 Å². The van der Waals surface area contributed by atoms with E-state index >= 15 is 0 Å². The fourth-order valence-electron chi connectivity index (χ4n) is 4.21. The zero-order chi connectivity index (χ0) is 25.2. The third-order valence-corrected chi connectivity index (χ3v) is 8.50. The van der Waals surface area contributed by atoms with Gasteiger partial charge in [-0.2, -0.15) is 9.40 Å². The lowest BCUT2D eigenvalue weighted by Crippen LogP contribution is -2.36. The lowest BCUT2D eigenvalue weighted by Gasteiger charge is -2.26. The van der Waals surface area contributed by atoms with E-state index in [1.165, 1.54) is 10.4 Å². The summed E-state index contributed by atoms with van der Waals surface area (Å²) in [6.45, 7) is 6.43. The van der Waals surface area contributed by atoms with Crippen molar-refractivity contribution in [3.8, 4) is 11.3 Å². The van der Waals surface area contributed by atoms with Gasteiger partial charge in [-0.05, 0) is 68.5 Å². The monoisotopic (exact) mass is 494 g/mol. The van der Waals surface area contributed by atoms with Crippen LogP contribution in [-0.2, 0) is 21.4 Å². The molecule has 3 aromatic rings. The van der Waals surface area contributed by atoms with Crippen LogP contribution in [0.15, 0.2) is 58.2 Å². The summed E-state index contributed by atoms with van der Waals surface area (Å²) in [5, 5.41) is 7.20. The van der Waals surface area contributed by atoms with Crippen molar-refractivity contribution < 1.29 is 13.2 Å². The maximum atomic E-state index is 13.3. The average Bonchev–Trinajstić information content (AvgIpc) is 2.84. The number of nitrogens with zero attached hydrogens (tertiary/aromatic N) is 3. The average molecular weight is 495 g/mol. The number of sulfonamides is 1. The van der Waals surface area contributed by atoms with E-state index in [-0.39, 0.29) is 17.3 Å². The topological polar surface area (TPSA) is 101 Å². The van der Waals surface area contributed by atoms with E-state index in [2.05, 4.69) is 10.4 Å². The fourth-order valence-corrected chi connectivity index (χ4v) is 5.98. The molecule has 0 bridgehead atoms. The molecule has 1 aliphatic heterocycles. The van der Waals surface area contributed by atoms with Gasteiger partial charge in [-0.25, -0.2) is 13.1 Å². The van der Waals surface area contributed by atoms with Crippen molar-refractivity contribution >= 4 is 21.6 Å². The van der Waals surface area contributed by atoms with Crippen molar-refractivity contribution in [2.75, 3.05) is 18.4 Å². The van der Waals surface area contributed by atoms with E-state index < -0.39 is 15.6 Å². The molecule has 1 saturated heterocycles. The Morgan fingerprint density at radius 3 is 2.46 bits per heavy atom. The van der Waals surface area contributed by atoms with Gasteiger partial charge in [0.05, 0.1) is 10.6 Å². The Bertz CT molecular complexity index is 1420. The van der Waals surface area contributed by atoms with Crippen LogP contribution >= 0.6 is 0 Å². The Labute approximate surface area is 205 Å². The van der Waals surface area contributed by atoms with E-state index in [9.17, 15) is 18.0 Å². The minimum Gasteiger partial charge on any atom is -0.324 e. The van der Waals surface area contributed by atoms with Crippen molar-refractivity contribution in [2.24, 2.45) is 0 Å². The summed E-state index contributed by atoms with van der Waals surface area (Å²) in [6.07, 6.45) is 2.75. The molecule has 9 heteroatoms. The molecule has 8 nitrogen and oxygen atoms in total. The first kappa shape index (κ1) is 24.8. The number of nitrogens with one attached hydrogen (secondary N) is 1. The zero-order valence-corrected chi connectivity index (χ0v) is 21.1. The van der Waals surface area contributed by atoms with Crippen molar-refractivity contribution in [3.63, 3.8) is 0 Å². The van der Waals surface area contributed by atoms with Crippen molar-refractivity contribution in [3.05, 3.63) is 75.6 Å². The van der Waals surface area contributed by atoms with Gasteiger partial charge in [0.1, 0.15) is 6.54 Å². The first-order chi connectivity index (χ1) is 16.7. The highest BCUT2D eigenvalue weighted by Gasteiger charge is 2.27. The number of anilines is 1. The van der Waals surface area contributed by atoms with Crippen LogP contribution in [0.2, 0.25) is 0 Å². The third kappa shape index (κ3) is 5.36. The Hall–Kier alpha value is -3.30. The smallest absolute Gasteiger partial charge is 0.267 e. The highest BCUT2D eigenvalue weighted by molar-refractivity contribution is 7.89. The number of aromatic nitrogens is 2. The van der Waals surface area contributed by atoms with Crippen LogP contribution in [0.5, 0.6) is 0 Å². The van der Waals surface area contributed by atoms with Crippen LogP contribution in [0.4, 0.5) is 5.69 Å². The lowest BCUT2D eigenvalue weighted by atomic mass is 10.1. The van der Waals surface area contributed by atoms with Gasteiger partial charge in [-0.1, -0.05) is 30.7 Å². The summed E-state index contributed by atoms with van der Waals surface area (Å²) in [5.74, 6) is -0.372. The zero-order valence-electron chi connectivity index (χ0n) is 20.2. The molecule has 1 N–H and O–H groups in total. The molecule has 4 rings (SSSR count). The van der Waals surface area contributed by atoms with Gasteiger partial charge in [0.2, 0.25) is 15.9 Å². The molecule has 1 fully saturated rings. The number of hydrogen-bond acceptors (Lipinski definition) is 5. The number of carbonyl (C=O) groups is 1. The Morgan fingerprint density at radius 2 is 1.71 bits per heavy atom. The van der Waals surface area contributed by atoms with Gasteiger partial charge in [-0.15, -0.1) is 0 Å². The van der Waals surface area contributed by atoms with Gasteiger partial charge < -0.3 is 5.32 Å². The Kier molecular flexibility index (Phi) is 7.18. The number of rotatable bonds is 6. The van der Waals surface area contributed by atoms with E-state index in [4.69, 9.17) is 0 Å². The maximum absolute atomic E-state index is 13.3. The van der Waals surface area contributed by atoms with E-state index in [0.29, 0.717) is 35.6 Å². The SMILES string of the molecule is Cc1ccc(-c2ccc(=O)n(CC(=O)Nc3cccc(C)c3C)n2)cc1S(=O)(=O)N1CCCCC1. The molecular formula is C26H30N4O4S.